The molecule has 2 saturated heterocycles. The van der Waals surface area contributed by atoms with Crippen LogP contribution in [0, 0.1) is 11.3 Å². The van der Waals surface area contributed by atoms with Crippen LogP contribution in [0.1, 0.15) is 150 Å². The molecule has 214 valence electrons. The summed E-state index contributed by atoms with van der Waals surface area (Å²) in [6, 6.07) is 0. The Bertz CT molecular complexity index is 558. The van der Waals surface area contributed by atoms with E-state index in [0.717, 1.165) is 40.3 Å². The number of aliphatic carboxylic acids is 1. The van der Waals surface area contributed by atoms with Crippen LogP contribution in [-0.4, -0.2) is 43.8 Å². The molecular formula is C31H60O3S2. The van der Waals surface area contributed by atoms with Gasteiger partial charge < -0.3 is 10.2 Å². The average molecular weight is 545 g/mol. The molecule has 0 aromatic rings. The molecule has 0 aromatic heterocycles. The molecule has 5 heteroatoms. The Labute approximate surface area is 233 Å². The van der Waals surface area contributed by atoms with Gasteiger partial charge >= 0.3 is 5.97 Å². The quantitative estimate of drug-likeness (QED) is 0.178. The predicted molar refractivity (Wildman–Crippen MR) is 162 cm³/mol. The minimum Gasteiger partial charge on any atom is -0.481 e. The Kier molecular flexibility index (Phi) is 19.1. The van der Waals surface area contributed by atoms with Crippen molar-refractivity contribution in [2.45, 2.75) is 171 Å². The largest absolute Gasteiger partial charge is 0.481 e. The predicted octanol–water partition coefficient (Wildman–Crippen LogP) is 9.74. The zero-order valence-corrected chi connectivity index (χ0v) is 26.1. The molecule has 2 fully saturated rings. The highest BCUT2D eigenvalue weighted by molar-refractivity contribution is 8.00. The van der Waals surface area contributed by atoms with E-state index in [1.807, 2.05) is 27.7 Å². The van der Waals surface area contributed by atoms with Crippen LogP contribution in [-0.2, 0) is 4.79 Å². The third-order valence-corrected chi connectivity index (χ3v) is 11.9. The molecule has 0 aliphatic carbocycles. The molecule has 2 heterocycles. The fourth-order valence-corrected chi connectivity index (χ4v) is 9.17. The van der Waals surface area contributed by atoms with Gasteiger partial charge in [-0.05, 0) is 83.5 Å². The summed E-state index contributed by atoms with van der Waals surface area (Å²) >= 11 is 4.57. The molecule has 2 N–H and O–H groups in total. The molecule has 0 spiro atoms. The Morgan fingerprint density at radius 3 is 1.69 bits per heavy atom. The van der Waals surface area contributed by atoms with Gasteiger partial charge in [0.25, 0.3) is 0 Å². The summed E-state index contributed by atoms with van der Waals surface area (Å²) < 4.78 is 0. The van der Waals surface area contributed by atoms with Gasteiger partial charge in [0.15, 0.2) is 0 Å². The van der Waals surface area contributed by atoms with E-state index >= 15 is 0 Å². The normalized spacial score (nSPS) is 26.9. The number of carboxylic acids is 1. The molecule has 36 heavy (non-hydrogen) atoms. The first-order valence-electron chi connectivity index (χ1n) is 15.5. The van der Waals surface area contributed by atoms with Crippen molar-refractivity contribution >= 4 is 29.5 Å². The van der Waals surface area contributed by atoms with Gasteiger partial charge in [0.1, 0.15) is 0 Å². The number of thioether (sulfide) groups is 2. The summed E-state index contributed by atoms with van der Waals surface area (Å²) in [5.74, 6) is -0.157. The number of hydrogen-bond acceptors (Lipinski definition) is 4. The maximum atomic E-state index is 11.5. The molecule has 0 bridgehead atoms. The molecule has 6 atom stereocenters. The van der Waals surface area contributed by atoms with Crippen LogP contribution >= 0.6 is 23.5 Å². The van der Waals surface area contributed by atoms with Crippen molar-refractivity contribution < 1.29 is 15.0 Å². The van der Waals surface area contributed by atoms with Crippen LogP contribution in [0.2, 0.25) is 0 Å². The minimum absolute atomic E-state index is 0.339. The lowest BCUT2D eigenvalue weighted by molar-refractivity contribution is -0.148. The van der Waals surface area contributed by atoms with Gasteiger partial charge in [-0.3, -0.25) is 4.79 Å². The molecule has 0 radical (unpaired) electrons. The molecule has 0 amide bonds. The van der Waals surface area contributed by atoms with Crippen LogP contribution in [0.25, 0.3) is 0 Å². The highest BCUT2D eigenvalue weighted by Gasteiger charge is 2.30. The second kappa shape index (κ2) is 20.1. The van der Waals surface area contributed by atoms with Gasteiger partial charge in [-0.25, -0.2) is 0 Å². The number of rotatable bonds is 17. The smallest absolute Gasteiger partial charge is 0.309 e. The van der Waals surface area contributed by atoms with E-state index in [9.17, 15) is 15.0 Å². The fraction of sp³-hybridized carbons (Fsp3) is 0.968. The number of unbranched alkanes of at least 4 members (excludes halogenated alkanes) is 2. The van der Waals surface area contributed by atoms with E-state index in [4.69, 9.17) is 0 Å². The van der Waals surface area contributed by atoms with E-state index in [2.05, 4.69) is 30.4 Å². The van der Waals surface area contributed by atoms with Crippen molar-refractivity contribution in [1.29, 1.82) is 0 Å². The first-order valence-corrected chi connectivity index (χ1v) is 17.4. The molecule has 2 aliphatic rings. The average Bonchev–Trinajstić information content (AvgIpc) is 2.90. The number of carbonyl (C=O) groups is 1. The van der Waals surface area contributed by atoms with Crippen molar-refractivity contribution in [3.05, 3.63) is 0 Å². The molecule has 6 unspecified atom stereocenters. The summed E-state index contributed by atoms with van der Waals surface area (Å²) in [5, 5.41) is 22.1. The monoisotopic (exact) mass is 544 g/mol. The Morgan fingerprint density at radius 2 is 1.28 bits per heavy atom. The Morgan fingerprint density at radius 1 is 0.833 bits per heavy atom. The van der Waals surface area contributed by atoms with Crippen molar-refractivity contribution in [3.63, 3.8) is 0 Å². The van der Waals surface area contributed by atoms with Crippen LogP contribution in [0.3, 0.4) is 0 Å². The lowest BCUT2D eigenvalue weighted by Crippen LogP contribution is -2.26. The molecule has 0 saturated carbocycles. The maximum absolute atomic E-state index is 11.5. The van der Waals surface area contributed by atoms with Gasteiger partial charge in [-0.2, -0.15) is 23.5 Å². The van der Waals surface area contributed by atoms with Gasteiger partial charge in [0.2, 0.25) is 0 Å². The zero-order valence-electron chi connectivity index (χ0n) is 24.4. The van der Waals surface area contributed by atoms with Crippen LogP contribution in [0.5, 0.6) is 0 Å². The van der Waals surface area contributed by atoms with E-state index in [1.54, 1.807) is 0 Å². The summed E-state index contributed by atoms with van der Waals surface area (Å²) in [6.45, 7) is 10.4. The minimum atomic E-state index is -0.628. The van der Waals surface area contributed by atoms with Gasteiger partial charge in [-0.15, -0.1) is 0 Å². The zero-order chi connectivity index (χ0) is 26.8. The number of aliphatic hydroxyl groups is 1. The molecule has 3 nitrogen and oxygen atoms in total. The number of carboxylic acid groups (broad SMARTS) is 1. The summed E-state index contributed by atoms with van der Waals surface area (Å²) in [4.78, 5) is 11.5. The topological polar surface area (TPSA) is 57.5 Å². The fourth-order valence-electron chi connectivity index (χ4n) is 5.66. The summed E-state index contributed by atoms with van der Waals surface area (Å²) in [6.07, 6.45) is 22.9. The lowest BCUT2D eigenvalue weighted by Gasteiger charge is -2.31. The molecule has 2 rings (SSSR count). The van der Waals surface area contributed by atoms with Gasteiger partial charge in [0.05, 0.1) is 5.41 Å². The van der Waals surface area contributed by atoms with E-state index in [0.29, 0.717) is 12.5 Å². The first-order chi connectivity index (χ1) is 17.4. The standard InChI is InChI=1S/C29H54O3S2.C2H6/c1-4-29(3,28(31)32)21-8-7-14-25-16-10-18-27(34-25)20-11-19-26-17-9-15-24(33-26)13-6-5-12-23(2)22-30;1-2/h23-27,30H,4-22H2,1-3H3,(H,31,32);1-2H3. The molecular weight excluding hydrogens is 484 g/mol. The number of aliphatic hydroxyl groups excluding tert-OH is 1. The second-order valence-corrected chi connectivity index (χ2v) is 14.8. The SMILES string of the molecule is CC.CCC(C)(CCCCC1CCCC(CCCC2CCCC(CCCCC(C)CO)S2)S1)C(=O)O. The third-order valence-electron chi connectivity index (χ3n) is 8.51. The van der Waals surface area contributed by atoms with Crippen LogP contribution in [0.4, 0.5) is 0 Å². The number of hydrogen-bond donors (Lipinski definition) is 2. The third kappa shape index (κ3) is 13.8. The van der Waals surface area contributed by atoms with Crippen molar-refractivity contribution in [2.75, 3.05) is 6.61 Å². The van der Waals surface area contributed by atoms with Gasteiger partial charge in [0, 0.05) is 27.6 Å². The summed E-state index contributed by atoms with van der Waals surface area (Å²) in [5.41, 5.74) is -0.531. The molecule has 0 aromatic carbocycles. The van der Waals surface area contributed by atoms with Crippen molar-refractivity contribution in [3.8, 4) is 0 Å². The van der Waals surface area contributed by atoms with Crippen molar-refractivity contribution in [2.24, 2.45) is 11.3 Å². The van der Waals surface area contributed by atoms with Crippen LogP contribution < -0.4 is 0 Å². The lowest BCUT2D eigenvalue weighted by atomic mass is 9.82. The summed E-state index contributed by atoms with van der Waals surface area (Å²) in [7, 11) is 0. The Hall–Kier alpha value is 0.130. The van der Waals surface area contributed by atoms with E-state index in [1.165, 1.54) is 96.3 Å². The van der Waals surface area contributed by atoms with Crippen molar-refractivity contribution in [1.82, 2.24) is 0 Å². The van der Waals surface area contributed by atoms with Crippen LogP contribution in [0.15, 0.2) is 0 Å². The first kappa shape index (κ1) is 34.2. The maximum Gasteiger partial charge on any atom is 0.309 e. The van der Waals surface area contributed by atoms with E-state index < -0.39 is 11.4 Å². The highest BCUT2D eigenvalue weighted by Crippen LogP contribution is 2.40. The highest BCUT2D eigenvalue weighted by atomic mass is 32.2. The van der Waals surface area contributed by atoms with E-state index in [-0.39, 0.29) is 0 Å². The van der Waals surface area contributed by atoms with Gasteiger partial charge in [-0.1, -0.05) is 72.6 Å². The second-order valence-electron chi connectivity index (χ2n) is 11.6. The Balaban J connectivity index is 0.00000316. The molecule has 2 aliphatic heterocycles.